The van der Waals surface area contributed by atoms with Gasteiger partial charge < -0.3 is 10.0 Å². The zero-order valence-electron chi connectivity index (χ0n) is 13.1. The standard InChI is InChI=1S/C16H16N4O2S/c1-9-10(2)23-16-13(9)15(20(3)8-12(21)22)18-14(19-16)11-5-4-6-17-7-11/h4-7H,8H2,1-3H3,(H,21,22). The lowest BCUT2D eigenvalue weighted by molar-refractivity contribution is -0.135. The van der Waals surface area contributed by atoms with Crippen LogP contribution in [0.3, 0.4) is 0 Å². The van der Waals surface area contributed by atoms with Crippen LogP contribution in [0.25, 0.3) is 21.6 Å². The van der Waals surface area contributed by atoms with E-state index < -0.39 is 5.97 Å². The van der Waals surface area contributed by atoms with E-state index in [1.807, 2.05) is 26.0 Å². The van der Waals surface area contributed by atoms with Gasteiger partial charge in [0.15, 0.2) is 5.82 Å². The maximum absolute atomic E-state index is 11.1. The SMILES string of the molecule is Cc1sc2nc(-c3cccnc3)nc(N(C)CC(=O)O)c2c1C. The Labute approximate surface area is 137 Å². The largest absolute Gasteiger partial charge is 0.480 e. The summed E-state index contributed by atoms with van der Waals surface area (Å²) in [7, 11) is 1.73. The fourth-order valence-corrected chi connectivity index (χ4v) is 3.43. The lowest BCUT2D eigenvalue weighted by atomic mass is 10.2. The highest BCUT2D eigenvalue weighted by atomic mass is 32.1. The Balaban J connectivity index is 2.24. The van der Waals surface area contributed by atoms with Crippen LogP contribution in [-0.4, -0.2) is 39.6 Å². The third kappa shape index (κ3) is 2.87. The van der Waals surface area contributed by atoms with Crippen LogP contribution < -0.4 is 4.90 Å². The molecule has 0 saturated heterocycles. The maximum atomic E-state index is 11.1. The monoisotopic (exact) mass is 328 g/mol. The Kier molecular flexibility index (Phi) is 3.96. The van der Waals surface area contributed by atoms with Crippen LogP contribution in [-0.2, 0) is 4.79 Å². The van der Waals surface area contributed by atoms with E-state index in [-0.39, 0.29) is 6.54 Å². The van der Waals surface area contributed by atoms with Crippen molar-refractivity contribution >= 4 is 33.3 Å². The Morgan fingerprint density at radius 2 is 2.13 bits per heavy atom. The second kappa shape index (κ2) is 5.92. The van der Waals surface area contributed by atoms with Gasteiger partial charge in [0.05, 0.1) is 5.39 Å². The molecule has 3 heterocycles. The van der Waals surface area contributed by atoms with Gasteiger partial charge in [-0.15, -0.1) is 11.3 Å². The number of nitrogens with zero attached hydrogens (tertiary/aromatic N) is 4. The number of carbonyl (C=O) groups is 1. The van der Waals surface area contributed by atoms with Gasteiger partial charge >= 0.3 is 5.97 Å². The van der Waals surface area contributed by atoms with E-state index in [9.17, 15) is 4.79 Å². The quantitative estimate of drug-likeness (QED) is 0.793. The van der Waals surface area contributed by atoms with Gasteiger partial charge in [-0.05, 0) is 31.5 Å². The normalized spacial score (nSPS) is 10.9. The van der Waals surface area contributed by atoms with E-state index in [4.69, 9.17) is 5.11 Å². The van der Waals surface area contributed by atoms with Gasteiger partial charge in [-0.3, -0.25) is 9.78 Å². The van der Waals surface area contributed by atoms with Gasteiger partial charge in [0.1, 0.15) is 17.2 Å². The molecular weight excluding hydrogens is 312 g/mol. The van der Waals surface area contributed by atoms with E-state index in [0.29, 0.717) is 11.6 Å². The first-order valence-corrected chi connectivity index (χ1v) is 7.90. The highest BCUT2D eigenvalue weighted by Crippen LogP contribution is 2.36. The number of carboxylic acid groups (broad SMARTS) is 1. The first-order valence-electron chi connectivity index (χ1n) is 7.08. The predicted octanol–water partition coefficient (Wildman–Crippen LogP) is 2.89. The van der Waals surface area contributed by atoms with Gasteiger partial charge in [-0.2, -0.15) is 0 Å². The summed E-state index contributed by atoms with van der Waals surface area (Å²) in [6, 6.07) is 3.72. The van der Waals surface area contributed by atoms with Crippen LogP contribution >= 0.6 is 11.3 Å². The van der Waals surface area contributed by atoms with Crippen molar-refractivity contribution < 1.29 is 9.90 Å². The van der Waals surface area contributed by atoms with Crippen LogP contribution in [0.1, 0.15) is 10.4 Å². The van der Waals surface area contributed by atoms with Crippen molar-refractivity contribution in [3.05, 3.63) is 35.0 Å². The van der Waals surface area contributed by atoms with E-state index in [0.717, 1.165) is 26.2 Å². The molecule has 0 aliphatic rings. The number of anilines is 1. The zero-order valence-corrected chi connectivity index (χ0v) is 13.9. The number of hydrogen-bond donors (Lipinski definition) is 1. The van der Waals surface area contributed by atoms with Crippen molar-refractivity contribution in [1.29, 1.82) is 0 Å². The molecule has 0 aromatic carbocycles. The van der Waals surface area contributed by atoms with Gasteiger partial charge in [0.2, 0.25) is 0 Å². The zero-order chi connectivity index (χ0) is 16.6. The number of aryl methyl sites for hydroxylation is 2. The molecule has 0 unspecified atom stereocenters. The minimum absolute atomic E-state index is 0.118. The Morgan fingerprint density at radius 3 is 2.78 bits per heavy atom. The fraction of sp³-hybridized carbons (Fsp3) is 0.250. The van der Waals surface area contributed by atoms with Crippen molar-refractivity contribution in [2.75, 3.05) is 18.5 Å². The average Bonchev–Trinajstić information content (AvgIpc) is 2.81. The second-order valence-electron chi connectivity index (χ2n) is 5.33. The highest BCUT2D eigenvalue weighted by Gasteiger charge is 2.19. The van der Waals surface area contributed by atoms with Crippen molar-refractivity contribution in [2.24, 2.45) is 0 Å². The summed E-state index contributed by atoms with van der Waals surface area (Å²) in [4.78, 5) is 28.1. The number of aromatic nitrogens is 3. The van der Waals surface area contributed by atoms with Crippen LogP contribution in [0.15, 0.2) is 24.5 Å². The van der Waals surface area contributed by atoms with Gasteiger partial charge in [-0.1, -0.05) is 0 Å². The molecule has 0 bridgehead atoms. The smallest absolute Gasteiger partial charge is 0.323 e. The molecule has 0 spiro atoms. The molecule has 0 amide bonds. The highest BCUT2D eigenvalue weighted by molar-refractivity contribution is 7.18. The molecule has 0 saturated carbocycles. The summed E-state index contributed by atoms with van der Waals surface area (Å²) in [5.41, 5.74) is 1.90. The molecular formula is C16H16N4O2S. The minimum atomic E-state index is -0.896. The van der Waals surface area contributed by atoms with Crippen molar-refractivity contribution in [3.8, 4) is 11.4 Å². The molecule has 23 heavy (non-hydrogen) atoms. The van der Waals surface area contributed by atoms with Crippen LogP contribution in [0.5, 0.6) is 0 Å². The van der Waals surface area contributed by atoms with E-state index in [1.54, 1.807) is 35.7 Å². The first kappa shape index (κ1) is 15.4. The van der Waals surface area contributed by atoms with Gasteiger partial charge in [0.25, 0.3) is 0 Å². The summed E-state index contributed by atoms with van der Waals surface area (Å²) < 4.78 is 0. The molecule has 0 fully saturated rings. The molecule has 0 radical (unpaired) electrons. The molecule has 6 nitrogen and oxygen atoms in total. The molecule has 1 N–H and O–H groups in total. The van der Waals surface area contributed by atoms with Gasteiger partial charge in [-0.25, -0.2) is 9.97 Å². The molecule has 118 valence electrons. The molecule has 7 heteroatoms. The Bertz CT molecular complexity index is 877. The topological polar surface area (TPSA) is 79.2 Å². The van der Waals surface area contributed by atoms with Crippen LogP contribution in [0.2, 0.25) is 0 Å². The summed E-state index contributed by atoms with van der Waals surface area (Å²) in [5.74, 6) is 0.295. The Hall–Kier alpha value is -2.54. The number of fused-ring (bicyclic) bond motifs is 1. The number of rotatable bonds is 4. The molecule has 0 aliphatic heterocycles. The third-order valence-electron chi connectivity index (χ3n) is 3.66. The maximum Gasteiger partial charge on any atom is 0.323 e. The molecule has 3 aromatic heterocycles. The lowest BCUT2D eigenvalue weighted by Gasteiger charge is -2.18. The summed E-state index contributed by atoms with van der Waals surface area (Å²) >= 11 is 1.59. The van der Waals surface area contributed by atoms with Crippen LogP contribution in [0.4, 0.5) is 5.82 Å². The van der Waals surface area contributed by atoms with E-state index >= 15 is 0 Å². The van der Waals surface area contributed by atoms with Crippen molar-refractivity contribution in [2.45, 2.75) is 13.8 Å². The van der Waals surface area contributed by atoms with Crippen molar-refractivity contribution in [3.63, 3.8) is 0 Å². The first-order chi connectivity index (χ1) is 11.0. The van der Waals surface area contributed by atoms with Gasteiger partial charge in [0, 0.05) is 29.9 Å². The number of aliphatic carboxylic acids is 1. The molecule has 0 aliphatic carbocycles. The lowest BCUT2D eigenvalue weighted by Crippen LogP contribution is -2.26. The average molecular weight is 328 g/mol. The summed E-state index contributed by atoms with van der Waals surface area (Å²) in [6.07, 6.45) is 3.40. The predicted molar refractivity (Wildman–Crippen MR) is 91.0 cm³/mol. The minimum Gasteiger partial charge on any atom is -0.480 e. The van der Waals surface area contributed by atoms with Crippen molar-refractivity contribution in [1.82, 2.24) is 15.0 Å². The number of thiophene rings is 1. The number of carboxylic acids is 1. The molecule has 3 rings (SSSR count). The number of pyridine rings is 1. The fourth-order valence-electron chi connectivity index (χ4n) is 2.41. The van der Waals surface area contributed by atoms with E-state index in [1.165, 1.54) is 0 Å². The third-order valence-corrected chi connectivity index (χ3v) is 4.76. The number of likely N-dealkylation sites (N-methyl/N-ethyl adjacent to an activating group) is 1. The second-order valence-corrected chi connectivity index (χ2v) is 6.53. The summed E-state index contributed by atoms with van der Waals surface area (Å²) in [6.45, 7) is 3.93. The number of hydrogen-bond acceptors (Lipinski definition) is 6. The van der Waals surface area contributed by atoms with E-state index in [2.05, 4.69) is 15.0 Å². The molecule has 0 atom stereocenters. The summed E-state index contributed by atoms with van der Waals surface area (Å²) in [5, 5.41) is 10.0. The molecule has 3 aromatic rings. The Morgan fingerprint density at radius 1 is 1.35 bits per heavy atom. The van der Waals surface area contributed by atoms with Crippen LogP contribution in [0, 0.1) is 13.8 Å².